The highest BCUT2D eigenvalue weighted by atomic mass is 35.5. The maximum atomic E-state index is 13.8. The molecular weight excluding hydrogens is 281 g/mol. The Morgan fingerprint density at radius 3 is 3.10 bits per heavy atom. The van der Waals surface area contributed by atoms with Crippen molar-refractivity contribution in [3.63, 3.8) is 0 Å². The maximum Gasteiger partial charge on any atom is 0.170 e. The van der Waals surface area contributed by atoms with E-state index in [1.165, 1.54) is 12.1 Å². The minimum Gasteiger partial charge on any atom is -0.356 e. The van der Waals surface area contributed by atoms with Crippen molar-refractivity contribution in [2.75, 3.05) is 19.6 Å². The third-order valence-corrected chi connectivity index (χ3v) is 3.44. The number of halogens is 2. The third kappa shape index (κ3) is 3.00. The molecule has 0 spiro atoms. The van der Waals surface area contributed by atoms with Crippen LogP contribution in [-0.2, 0) is 6.54 Å². The van der Waals surface area contributed by atoms with E-state index in [4.69, 9.17) is 16.1 Å². The first kappa shape index (κ1) is 13.5. The van der Waals surface area contributed by atoms with Crippen LogP contribution in [-0.4, -0.2) is 29.7 Å². The molecule has 0 amide bonds. The van der Waals surface area contributed by atoms with Gasteiger partial charge in [0, 0.05) is 43.8 Å². The van der Waals surface area contributed by atoms with Crippen LogP contribution in [0.15, 0.2) is 28.8 Å². The summed E-state index contributed by atoms with van der Waals surface area (Å²) in [6.45, 7) is 5.43. The van der Waals surface area contributed by atoms with E-state index >= 15 is 0 Å². The highest BCUT2D eigenvalue weighted by Gasteiger charge is 2.15. The Morgan fingerprint density at radius 2 is 2.30 bits per heavy atom. The molecule has 0 bridgehead atoms. The molecule has 4 nitrogen and oxygen atoms in total. The predicted molar refractivity (Wildman–Crippen MR) is 74.5 cm³/mol. The number of hydrogen-bond acceptors (Lipinski definition) is 4. The van der Waals surface area contributed by atoms with Gasteiger partial charge in [0.15, 0.2) is 5.76 Å². The lowest BCUT2D eigenvalue weighted by atomic mass is 10.1. The van der Waals surface area contributed by atoms with Gasteiger partial charge in [0.05, 0.1) is 11.3 Å². The van der Waals surface area contributed by atoms with E-state index < -0.39 is 0 Å². The predicted octanol–water partition coefficient (Wildman–Crippen LogP) is 2.70. The summed E-state index contributed by atoms with van der Waals surface area (Å²) < 4.78 is 19.0. The van der Waals surface area contributed by atoms with Crippen LogP contribution in [0.2, 0.25) is 5.02 Å². The summed E-state index contributed by atoms with van der Waals surface area (Å²) >= 11 is 5.88. The molecule has 1 aromatic carbocycles. The topological polar surface area (TPSA) is 41.3 Å². The molecule has 20 heavy (non-hydrogen) atoms. The molecular formula is C14H14ClFN3O. The Kier molecular flexibility index (Phi) is 4.00. The number of piperazine rings is 1. The number of hydrogen-bond donors (Lipinski definition) is 1. The number of rotatable bonds is 3. The maximum absolute atomic E-state index is 13.8. The van der Waals surface area contributed by atoms with Crippen LogP contribution in [0.5, 0.6) is 0 Å². The molecule has 1 aromatic heterocycles. The summed E-state index contributed by atoms with van der Waals surface area (Å²) in [6, 6.07) is 6.13. The fourth-order valence-electron chi connectivity index (χ4n) is 2.18. The van der Waals surface area contributed by atoms with Crippen molar-refractivity contribution in [1.82, 2.24) is 15.4 Å². The van der Waals surface area contributed by atoms with Crippen LogP contribution in [0, 0.1) is 12.4 Å². The molecule has 1 N–H and O–H groups in total. The highest BCUT2D eigenvalue weighted by molar-refractivity contribution is 6.30. The van der Waals surface area contributed by atoms with Gasteiger partial charge >= 0.3 is 0 Å². The van der Waals surface area contributed by atoms with Crippen molar-refractivity contribution in [2.24, 2.45) is 0 Å². The minimum absolute atomic E-state index is 0.336. The van der Waals surface area contributed by atoms with Gasteiger partial charge in [0.1, 0.15) is 5.82 Å². The second-order valence-corrected chi connectivity index (χ2v) is 5.14. The van der Waals surface area contributed by atoms with Gasteiger partial charge < -0.3 is 9.84 Å². The quantitative estimate of drug-likeness (QED) is 0.945. The Balaban J connectivity index is 1.77. The molecule has 0 saturated carbocycles. The van der Waals surface area contributed by atoms with Crippen LogP contribution in [0.3, 0.4) is 0 Å². The highest BCUT2D eigenvalue weighted by Crippen LogP contribution is 2.27. The summed E-state index contributed by atoms with van der Waals surface area (Å²) in [5.41, 5.74) is 1.12. The molecule has 1 aliphatic heterocycles. The van der Waals surface area contributed by atoms with E-state index in [1.54, 1.807) is 12.1 Å². The largest absolute Gasteiger partial charge is 0.356 e. The average Bonchev–Trinajstić information content (AvgIpc) is 2.91. The van der Waals surface area contributed by atoms with Crippen molar-refractivity contribution in [2.45, 2.75) is 6.54 Å². The fourth-order valence-corrected chi connectivity index (χ4v) is 2.35. The average molecular weight is 295 g/mol. The minimum atomic E-state index is -0.368. The monoisotopic (exact) mass is 294 g/mol. The van der Waals surface area contributed by atoms with Crippen LogP contribution in [0.1, 0.15) is 5.69 Å². The summed E-state index contributed by atoms with van der Waals surface area (Å²) in [4.78, 5) is 2.23. The molecule has 105 valence electrons. The lowest BCUT2D eigenvalue weighted by Crippen LogP contribution is -2.39. The standard InChI is InChI=1S/C14H14ClFN3O/c15-10-1-2-13(16)12(7-10)14-8-11(18-20-14)9-19-5-3-17-4-6-19/h1-3,7-8,17H,4-6,9H2. The van der Waals surface area contributed by atoms with E-state index in [1.807, 2.05) is 6.54 Å². The lowest BCUT2D eigenvalue weighted by molar-refractivity contribution is 0.247. The number of benzene rings is 1. The zero-order chi connectivity index (χ0) is 13.9. The zero-order valence-electron chi connectivity index (χ0n) is 10.8. The first-order chi connectivity index (χ1) is 9.72. The van der Waals surface area contributed by atoms with E-state index in [2.05, 4.69) is 15.4 Å². The van der Waals surface area contributed by atoms with Gasteiger partial charge in [0.2, 0.25) is 0 Å². The molecule has 1 saturated heterocycles. The van der Waals surface area contributed by atoms with Crippen LogP contribution in [0.25, 0.3) is 11.3 Å². The van der Waals surface area contributed by atoms with E-state index in [0.29, 0.717) is 22.9 Å². The number of nitrogens with zero attached hydrogens (tertiary/aromatic N) is 2. The molecule has 2 heterocycles. The molecule has 6 heteroatoms. The van der Waals surface area contributed by atoms with Gasteiger partial charge in [-0.2, -0.15) is 0 Å². The fraction of sp³-hybridized carbons (Fsp3) is 0.286. The first-order valence-corrected chi connectivity index (χ1v) is 6.78. The molecule has 1 radical (unpaired) electrons. The summed E-state index contributed by atoms with van der Waals surface area (Å²) in [6.07, 6.45) is 0. The molecule has 0 atom stereocenters. The second-order valence-electron chi connectivity index (χ2n) is 4.70. The van der Waals surface area contributed by atoms with Gasteiger partial charge in [-0.1, -0.05) is 16.8 Å². The van der Waals surface area contributed by atoms with Crippen LogP contribution >= 0.6 is 11.6 Å². The van der Waals surface area contributed by atoms with Crippen molar-refractivity contribution in [1.29, 1.82) is 0 Å². The van der Waals surface area contributed by atoms with Crippen molar-refractivity contribution in [3.8, 4) is 11.3 Å². The van der Waals surface area contributed by atoms with Gasteiger partial charge in [-0.05, 0) is 18.2 Å². The zero-order valence-corrected chi connectivity index (χ0v) is 11.5. The Labute approximate surface area is 121 Å². The molecule has 1 aliphatic rings. The molecule has 1 fully saturated rings. The first-order valence-electron chi connectivity index (χ1n) is 6.41. The molecule has 0 unspecified atom stereocenters. The second kappa shape index (κ2) is 5.91. The Morgan fingerprint density at radius 1 is 1.40 bits per heavy atom. The summed E-state index contributed by atoms with van der Waals surface area (Å²) in [7, 11) is 0. The van der Waals surface area contributed by atoms with Gasteiger partial charge in [-0.3, -0.25) is 4.90 Å². The normalized spacial score (nSPS) is 16.5. The lowest BCUT2D eigenvalue weighted by Gasteiger charge is -2.25. The van der Waals surface area contributed by atoms with Crippen molar-refractivity contribution < 1.29 is 8.91 Å². The third-order valence-electron chi connectivity index (χ3n) is 3.20. The molecule has 3 rings (SSSR count). The van der Waals surface area contributed by atoms with Gasteiger partial charge in [0.25, 0.3) is 0 Å². The SMILES string of the molecule is Fc1ccc(Cl)cc1-c1cc(CN2C[CH]NCC2)no1. The van der Waals surface area contributed by atoms with Gasteiger partial charge in [-0.15, -0.1) is 0 Å². The van der Waals surface area contributed by atoms with Crippen molar-refractivity contribution in [3.05, 3.63) is 47.3 Å². The molecule has 0 aliphatic carbocycles. The van der Waals surface area contributed by atoms with Crippen LogP contribution in [0.4, 0.5) is 4.39 Å². The van der Waals surface area contributed by atoms with Gasteiger partial charge in [-0.25, -0.2) is 4.39 Å². The number of nitrogens with one attached hydrogen (secondary N) is 1. The number of aromatic nitrogens is 1. The smallest absolute Gasteiger partial charge is 0.170 e. The van der Waals surface area contributed by atoms with E-state index in [9.17, 15) is 4.39 Å². The Bertz CT molecular complexity index is 596. The Hall–Kier alpha value is -1.43. The van der Waals surface area contributed by atoms with Crippen LogP contribution < -0.4 is 5.32 Å². The van der Waals surface area contributed by atoms with E-state index in [-0.39, 0.29) is 5.82 Å². The van der Waals surface area contributed by atoms with Crippen molar-refractivity contribution >= 4 is 11.6 Å². The molecule has 2 aromatic rings. The summed E-state index contributed by atoms with van der Waals surface area (Å²) in [5, 5.41) is 7.64. The summed E-state index contributed by atoms with van der Waals surface area (Å²) in [5.74, 6) is 0.0340. The van der Waals surface area contributed by atoms with E-state index in [0.717, 1.165) is 25.3 Å².